The minimum Gasteiger partial charge on any atom is -0.377 e. The summed E-state index contributed by atoms with van der Waals surface area (Å²) in [5.74, 6) is 0.813. The maximum atomic E-state index is 12.5. The van der Waals surface area contributed by atoms with Crippen LogP contribution in [0.2, 0.25) is 0 Å². The lowest BCUT2D eigenvalue weighted by Gasteiger charge is -2.19. The molecule has 1 aromatic heterocycles. The smallest absolute Gasteiger partial charge is 0.257 e. The number of para-hydroxylation sites is 1. The number of rotatable bonds is 4. The zero-order valence-corrected chi connectivity index (χ0v) is 14.8. The highest BCUT2D eigenvalue weighted by molar-refractivity contribution is 7.98. The summed E-state index contributed by atoms with van der Waals surface area (Å²) in [6.07, 6.45) is 4.06. The third kappa shape index (κ3) is 3.29. The monoisotopic (exact) mass is 329 g/mol. The van der Waals surface area contributed by atoms with Gasteiger partial charge in [-0.05, 0) is 37.3 Å². The number of fused-ring (bicyclic) bond motifs is 1. The molecule has 1 heterocycles. The second kappa shape index (κ2) is 6.79. The van der Waals surface area contributed by atoms with Crippen molar-refractivity contribution in [2.24, 2.45) is 7.05 Å². The van der Waals surface area contributed by atoms with Crippen LogP contribution in [0.1, 0.15) is 29.7 Å². The summed E-state index contributed by atoms with van der Waals surface area (Å²) >= 11 is 1.64. The topological polar surface area (TPSA) is 38.1 Å². The Labute approximate surface area is 141 Å². The quantitative estimate of drug-likeness (QED) is 0.638. The van der Waals surface area contributed by atoms with E-state index in [-0.39, 0.29) is 5.56 Å². The van der Waals surface area contributed by atoms with Gasteiger partial charge in [0.15, 0.2) is 5.16 Å². The van der Waals surface area contributed by atoms with Crippen molar-refractivity contribution in [3.8, 4) is 0 Å². The zero-order valence-electron chi connectivity index (χ0n) is 14.0. The van der Waals surface area contributed by atoms with Crippen molar-refractivity contribution in [1.82, 2.24) is 9.55 Å². The van der Waals surface area contributed by atoms with Gasteiger partial charge in [0, 0.05) is 38.1 Å². The number of benzene rings is 1. The molecule has 0 saturated carbocycles. The number of nitrogens with zero attached hydrogens (tertiary/aromatic N) is 3. The van der Waals surface area contributed by atoms with E-state index in [1.165, 1.54) is 11.3 Å². The van der Waals surface area contributed by atoms with Crippen LogP contribution in [0, 0.1) is 0 Å². The molecule has 0 aliphatic heterocycles. The van der Waals surface area contributed by atoms with Gasteiger partial charge in [-0.25, -0.2) is 4.98 Å². The molecule has 0 N–H and O–H groups in total. The fraction of sp³-hybridized carbons (Fsp3) is 0.444. The molecule has 122 valence electrons. The van der Waals surface area contributed by atoms with E-state index in [2.05, 4.69) is 43.3 Å². The van der Waals surface area contributed by atoms with Gasteiger partial charge in [-0.1, -0.05) is 30.0 Å². The van der Waals surface area contributed by atoms with Gasteiger partial charge >= 0.3 is 0 Å². The van der Waals surface area contributed by atoms with Gasteiger partial charge in [0.2, 0.25) is 0 Å². The molecule has 1 aromatic carbocycles. The predicted octanol–water partition coefficient (Wildman–Crippen LogP) is 3.02. The number of anilines is 1. The molecule has 1 aliphatic rings. The Morgan fingerprint density at radius 1 is 1.22 bits per heavy atom. The van der Waals surface area contributed by atoms with E-state index in [1.54, 1.807) is 16.3 Å². The van der Waals surface area contributed by atoms with E-state index < -0.39 is 0 Å². The fourth-order valence-electron chi connectivity index (χ4n) is 3.06. The Hall–Kier alpha value is -1.75. The normalized spacial score (nSPS) is 13.7. The fourth-order valence-corrected chi connectivity index (χ4v) is 4.04. The Bertz CT molecular complexity index is 767. The molecule has 0 bridgehead atoms. The largest absolute Gasteiger partial charge is 0.377 e. The third-order valence-electron chi connectivity index (χ3n) is 4.35. The van der Waals surface area contributed by atoms with Crippen LogP contribution < -0.4 is 10.5 Å². The summed E-state index contributed by atoms with van der Waals surface area (Å²) in [6.45, 7) is 0. The number of hydrogen-bond donors (Lipinski definition) is 0. The van der Waals surface area contributed by atoms with Crippen LogP contribution in [0.15, 0.2) is 34.2 Å². The van der Waals surface area contributed by atoms with Crippen molar-refractivity contribution in [3.05, 3.63) is 51.4 Å². The van der Waals surface area contributed by atoms with E-state index in [9.17, 15) is 4.79 Å². The summed E-state index contributed by atoms with van der Waals surface area (Å²) < 4.78 is 1.72. The first kappa shape index (κ1) is 16.1. The molecule has 2 aromatic rings. The lowest BCUT2D eigenvalue weighted by Crippen LogP contribution is -2.28. The minimum atomic E-state index is 0.137. The standard InChI is InChI=1S/C18H23N3OS/c1-20(2)16-11-7-4-8-13(16)12-23-18-19-15-10-6-5-9-14(15)17(22)21(18)3/h4,7-8,11H,5-6,9-10,12H2,1-3H3. The average Bonchev–Trinajstić information content (AvgIpc) is 2.57. The van der Waals surface area contributed by atoms with Crippen molar-refractivity contribution >= 4 is 17.4 Å². The lowest BCUT2D eigenvalue weighted by atomic mass is 9.97. The molecule has 0 amide bonds. The van der Waals surface area contributed by atoms with Crippen molar-refractivity contribution in [1.29, 1.82) is 0 Å². The van der Waals surface area contributed by atoms with Crippen molar-refractivity contribution < 1.29 is 0 Å². The lowest BCUT2D eigenvalue weighted by molar-refractivity contribution is 0.600. The van der Waals surface area contributed by atoms with Gasteiger partial charge in [-0.15, -0.1) is 0 Å². The molecule has 0 unspecified atom stereocenters. The van der Waals surface area contributed by atoms with Crippen LogP contribution in [-0.4, -0.2) is 23.6 Å². The van der Waals surface area contributed by atoms with E-state index in [1.807, 2.05) is 7.05 Å². The van der Waals surface area contributed by atoms with Crippen LogP contribution in [0.3, 0.4) is 0 Å². The summed E-state index contributed by atoms with van der Waals surface area (Å²) in [4.78, 5) is 19.4. The van der Waals surface area contributed by atoms with E-state index in [0.29, 0.717) is 0 Å². The highest BCUT2D eigenvalue weighted by Crippen LogP contribution is 2.27. The van der Waals surface area contributed by atoms with Gasteiger partial charge in [-0.2, -0.15) is 0 Å². The second-order valence-electron chi connectivity index (χ2n) is 6.20. The van der Waals surface area contributed by atoms with Gasteiger partial charge in [0.25, 0.3) is 5.56 Å². The van der Waals surface area contributed by atoms with Crippen LogP contribution in [0.25, 0.3) is 0 Å². The number of aromatic nitrogens is 2. The molecule has 3 rings (SSSR count). The van der Waals surface area contributed by atoms with Crippen LogP contribution in [0.5, 0.6) is 0 Å². The number of hydrogen-bond acceptors (Lipinski definition) is 4. The molecule has 0 fully saturated rings. The van der Waals surface area contributed by atoms with Crippen LogP contribution >= 0.6 is 11.8 Å². The van der Waals surface area contributed by atoms with E-state index >= 15 is 0 Å². The summed E-state index contributed by atoms with van der Waals surface area (Å²) in [6, 6.07) is 8.37. The van der Waals surface area contributed by atoms with Crippen LogP contribution in [0.4, 0.5) is 5.69 Å². The van der Waals surface area contributed by atoms with Gasteiger partial charge in [0.05, 0.1) is 5.69 Å². The third-order valence-corrected chi connectivity index (χ3v) is 5.43. The predicted molar refractivity (Wildman–Crippen MR) is 96.5 cm³/mol. The first-order chi connectivity index (χ1) is 11.1. The summed E-state index contributed by atoms with van der Waals surface area (Å²) in [5.41, 5.74) is 4.55. The molecule has 0 atom stereocenters. The Morgan fingerprint density at radius 3 is 2.74 bits per heavy atom. The number of thioether (sulfide) groups is 1. The van der Waals surface area contributed by atoms with Crippen molar-refractivity contribution in [2.75, 3.05) is 19.0 Å². The molecule has 1 aliphatic carbocycles. The molecular weight excluding hydrogens is 306 g/mol. The van der Waals surface area contributed by atoms with Crippen LogP contribution in [-0.2, 0) is 25.6 Å². The van der Waals surface area contributed by atoms with Gasteiger partial charge < -0.3 is 4.90 Å². The second-order valence-corrected chi connectivity index (χ2v) is 7.15. The maximum absolute atomic E-state index is 12.5. The Morgan fingerprint density at radius 2 is 1.96 bits per heavy atom. The number of aryl methyl sites for hydroxylation is 1. The molecule has 0 radical (unpaired) electrons. The minimum absolute atomic E-state index is 0.137. The SMILES string of the molecule is CN(C)c1ccccc1CSc1nc2c(c(=O)n1C)CCCC2. The van der Waals surface area contributed by atoms with E-state index in [0.717, 1.165) is 47.8 Å². The summed E-state index contributed by atoms with van der Waals surface area (Å²) in [7, 11) is 5.94. The van der Waals surface area contributed by atoms with Crippen molar-refractivity contribution in [3.63, 3.8) is 0 Å². The van der Waals surface area contributed by atoms with Crippen molar-refractivity contribution in [2.45, 2.75) is 36.6 Å². The first-order valence-electron chi connectivity index (χ1n) is 8.04. The zero-order chi connectivity index (χ0) is 16.4. The average molecular weight is 329 g/mol. The summed E-state index contributed by atoms with van der Waals surface area (Å²) in [5, 5.41) is 0.823. The molecule has 5 heteroatoms. The van der Waals surface area contributed by atoms with Gasteiger partial charge in [-0.3, -0.25) is 9.36 Å². The Kier molecular flexibility index (Phi) is 4.76. The Balaban J connectivity index is 1.87. The molecule has 23 heavy (non-hydrogen) atoms. The molecule has 0 spiro atoms. The van der Waals surface area contributed by atoms with E-state index in [4.69, 9.17) is 4.98 Å². The maximum Gasteiger partial charge on any atom is 0.257 e. The molecule has 0 saturated heterocycles. The highest BCUT2D eigenvalue weighted by Gasteiger charge is 2.18. The highest BCUT2D eigenvalue weighted by atomic mass is 32.2. The first-order valence-corrected chi connectivity index (χ1v) is 9.03. The molecule has 4 nitrogen and oxygen atoms in total. The van der Waals surface area contributed by atoms with Gasteiger partial charge in [0.1, 0.15) is 0 Å². The molecular formula is C18H23N3OS.